The summed E-state index contributed by atoms with van der Waals surface area (Å²) in [7, 11) is 0. The molecule has 0 saturated heterocycles. The van der Waals surface area contributed by atoms with E-state index in [4.69, 9.17) is 5.26 Å². The monoisotopic (exact) mass is 224 g/mol. The van der Waals surface area contributed by atoms with Gasteiger partial charge in [0, 0.05) is 11.7 Å². The molecule has 1 aromatic rings. The van der Waals surface area contributed by atoms with Crippen molar-refractivity contribution < 1.29 is 0 Å². The fourth-order valence-corrected chi connectivity index (χ4v) is 2.13. The van der Waals surface area contributed by atoms with Crippen molar-refractivity contribution in [3.63, 3.8) is 0 Å². The van der Waals surface area contributed by atoms with Gasteiger partial charge in [-0.2, -0.15) is 5.26 Å². The maximum Gasteiger partial charge on any atom is 0.135 e. The van der Waals surface area contributed by atoms with Crippen LogP contribution in [-0.4, -0.2) is 4.57 Å². The van der Waals surface area contributed by atoms with Crippen LogP contribution >= 0.6 is 15.9 Å². The minimum atomic E-state index is 0.589. The second-order valence-electron chi connectivity index (χ2n) is 3.20. The highest BCUT2D eigenvalue weighted by Gasteiger charge is 2.27. The Kier molecular flexibility index (Phi) is 1.73. The lowest BCUT2D eigenvalue weighted by atomic mass is 10.4. The summed E-state index contributed by atoms with van der Waals surface area (Å²) < 4.78 is 3.05. The van der Waals surface area contributed by atoms with Crippen molar-refractivity contribution in [1.82, 2.24) is 4.57 Å². The van der Waals surface area contributed by atoms with Crippen LogP contribution in [0.3, 0.4) is 0 Å². The molecule has 0 aliphatic heterocycles. The largest absolute Gasteiger partial charge is 0.333 e. The number of hydrogen-bond donors (Lipinski definition) is 0. The van der Waals surface area contributed by atoms with E-state index in [2.05, 4.69) is 26.6 Å². The van der Waals surface area contributed by atoms with E-state index in [-0.39, 0.29) is 0 Å². The van der Waals surface area contributed by atoms with Gasteiger partial charge in [0.15, 0.2) is 0 Å². The highest BCUT2D eigenvalue weighted by molar-refractivity contribution is 9.10. The standard InChI is InChI=1S/C9H9BrN2/c1-6-4-8(10)9(5-11)12(6)7-2-3-7/h4,7H,2-3H2,1H3. The van der Waals surface area contributed by atoms with Gasteiger partial charge >= 0.3 is 0 Å². The summed E-state index contributed by atoms with van der Waals surface area (Å²) in [5.41, 5.74) is 1.95. The number of rotatable bonds is 1. The Bertz CT molecular complexity index is 355. The number of aromatic nitrogens is 1. The average Bonchev–Trinajstić information content (AvgIpc) is 2.78. The van der Waals surface area contributed by atoms with Crippen molar-refractivity contribution in [2.24, 2.45) is 0 Å². The second-order valence-corrected chi connectivity index (χ2v) is 4.05. The molecule has 0 N–H and O–H groups in total. The Balaban J connectivity index is 2.56. The number of aryl methyl sites for hydroxylation is 1. The zero-order valence-electron chi connectivity index (χ0n) is 6.84. The van der Waals surface area contributed by atoms with Crippen molar-refractivity contribution >= 4 is 15.9 Å². The molecule has 0 aromatic carbocycles. The van der Waals surface area contributed by atoms with Gasteiger partial charge in [-0.05, 0) is 41.8 Å². The molecule has 3 heteroatoms. The molecule has 1 aromatic heterocycles. The molecule has 1 fully saturated rings. The summed E-state index contributed by atoms with van der Waals surface area (Å²) in [6.45, 7) is 2.05. The second kappa shape index (κ2) is 2.63. The summed E-state index contributed by atoms with van der Waals surface area (Å²) in [6.07, 6.45) is 2.44. The molecule has 0 unspecified atom stereocenters. The van der Waals surface area contributed by atoms with Gasteiger partial charge in [-0.1, -0.05) is 0 Å². The quantitative estimate of drug-likeness (QED) is 0.722. The van der Waals surface area contributed by atoms with Gasteiger partial charge < -0.3 is 4.57 Å². The van der Waals surface area contributed by atoms with Crippen LogP contribution in [-0.2, 0) is 0 Å². The Morgan fingerprint density at radius 3 is 2.83 bits per heavy atom. The molecule has 0 radical (unpaired) electrons. The van der Waals surface area contributed by atoms with E-state index in [1.165, 1.54) is 18.5 Å². The van der Waals surface area contributed by atoms with Gasteiger partial charge in [0.05, 0.1) is 4.47 Å². The summed E-state index contributed by atoms with van der Waals surface area (Å²) in [6, 6.07) is 4.82. The summed E-state index contributed by atoms with van der Waals surface area (Å²) >= 11 is 3.38. The van der Waals surface area contributed by atoms with Crippen molar-refractivity contribution in [3.05, 3.63) is 21.9 Å². The fourth-order valence-electron chi connectivity index (χ4n) is 1.52. The van der Waals surface area contributed by atoms with E-state index in [1.807, 2.05) is 13.0 Å². The first-order chi connectivity index (χ1) is 5.74. The smallest absolute Gasteiger partial charge is 0.135 e. The third kappa shape index (κ3) is 1.07. The first-order valence-electron chi connectivity index (χ1n) is 4.01. The van der Waals surface area contributed by atoms with Crippen molar-refractivity contribution in [1.29, 1.82) is 5.26 Å². The molecular formula is C9H9BrN2. The molecule has 0 spiro atoms. The molecule has 62 valence electrons. The van der Waals surface area contributed by atoms with Gasteiger partial charge in [-0.25, -0.2) is 0 Å². The maximum absolute atomic E-state index is 8.89. The predicted octanol–water partition coefficient (Wildman–Crippen LogP) is 2.77. The summed E-state index contributed by atoms with van der Waals surface area (Å²) in [5.74, 6) is 0. The SMILES string of the molecule is Cc1cc(Br)c(C#N)n1C1CC1. The number of nitriles is 1. The molecule has 2 nitrogen and oxygen atoms in total. The minimum Gasteiger partial charge on any atom is -0.333 e. The van der Waals surface area contributed by atoms with Crippen LogP contribution in [0.5, 0.6) is 0 Å². The Morgan fingerprint density at radius 1 is 1.67 bits per heavy atom. The van der Waals surface area contributed by atoms with Crippen LogP contribution in [0.4, 0.5) is 0 Å². The van der Waals surface area contributed by atoms with Crippen LogP contribution < -0.4 is 0 Å². The van der Waals surface area contributed by atoms with E-state index < -0.39 is 0 Å². The minimum absolute atomic E-state index is 0.589. The van der Waals surface area contributed by atoms with Gasteiger partial charge in [0.2, 0.25) is 0 Å². The third-order valence-electron chi connectivity index (χ3n) is 2.20. The number of hydrogen-bond acceptors (Lipinski definition) is 1. The molecular weight excluding hydrogens is 216 g/mol. The zero-order valence-corrected chi connectivity index (χ0v) is 8.43. The first kappa shape index (κ1) is 7.88. The lowest BCUT2D eigenvalue weighted by Gasteiger charge is -2.03. The normalized spacial score (nSPS) is 16.1. The molecule has 2 rings (SSSR count). The molecule has 1 aliphatic carbocycles. The van der Waals surface area contributed by atoms with Gasteiger partial charge in [-0.15, -0.1) is 0 Å². The van der Waals surface area contributed by atoms with E-state index in [1.54, 1.807) is 0 Å². The summed E-state index contributed by atoms with van der Waals surface area (Å²) in [5, 5.41) is 8.89. The number of halogens is 1. The molecule has 12 heavy (non-hydrogen) atoms. The lowest BCUT2D eigenvalue weighted by molar-refractivity contribution is 0.712. The van der Waals surface area contributed by atoms with Crippen molar-refractivity contribution in [3.8, 4) is 6.07 Å². The van der Waals surface area contributed by atoms with Crippen molar-refractivity contribution in [2.45, 2.75) is 25.8 Å². The Morgan fingerprint density at radius 2 is 2.33 bits per heavy atom. The molecule has 0 bridgehead atoms. The average molecular weight is 225 g/mol. The van der Waals surface area contributed by atoms with Gasteiger partial charge in [0.1, 0.15) is 11.8 Å². The van der Waals surface area contributed by atoms with E-state index in [0.717, 1.165) is 10.2 Å². The van der Waals surface area contributed by atoms with E-state index >= 15 is 0 Å². The fraction of sp³-hybridized carbons (Fsp3) is 0.444. The van der Waals surface area contributed by atoms with Crippen LogP contribution in [0.15, 0.2) is 10.5 Å². The van der Waals surface area contributed by atoms with E-state index in [9.17, 15) is 0 Å². The van der Waals surface area contributed by atoms with Crippen LogP contribution in [0.1, 0.15) is 30.3 Å². The zero-order chi connectivity index (χ0) is 8.72. The molecule has 1 heterocycles. The molecule has 0 amide bonds. The Hall–Kier alpha value is -0.750. The molecule has 1 aliphatic rings. The lowest BCUT2D eigenvalue weighted by Crippen LogP contribution is -1.98. The topological polar surface area (TPSA) is 28.7 Å². The van der Waals surface area contributed by atoms with Crippen LogP contribution in [0, 0.1) is 18.3 Å². The Labute approximate surface area is 79.9 Å². The first-order valence-corrected chi connectivity index (χ1v) is 4.80. The predicted molar refractivity (Wildman–Crippen MR) is 49.9 cm³/mol. The van der Waals surface area contributed by atoms with Crippen LogP contribution in [0.25, 0.3) is 0 Å². The molecule has 1 saturated carbocycles. The highest BCUT2D eigenvalue weighted by Crippen LogP contribution is 2.39. The number of nitrogens with zero attached hydrogens (tertiary/aromatic N) is 2. The maximum atomic E-state index is 8.89. The highest BCUT2D eigenvalue weighted by atomic mass is 79.9. The summed E-state index contributed by atoms with van der Waals surface area (Å²) in [4.78, 5) is 0. The van der Waals surface area contributed by atoms with Gasteiger partial charge in [0.25, 0.3) is 0 Å². The molecule has 0 atom stereocenters. The van der Waals surface area contributed by atoms with Crippen LogP contribution in [0.2, 0.25) is 0 Å². The van der Waals surface area contributed by atoms with Crippen molar-refractivity contribution in [2.75, 3.05) is 0 Å². The van der Waals surface area contributed by atoms with E-state index in [0.29, 0.717) is 6.04 Å². The third-order valence-corrected chi connectivity index (χ3v) is 2.81. The van der Waals surface area contributed by atoms with Gasteiger partial charge in [-0.3, -0.25) is 0 Å².